The molecule has 1 aromatic carbocycles. The Bertz CT molecular complexity index is 903. The number of methoxy groups -OCH3 is 1. The normalized spacial score (nSPS) is 11.8. The van der Waals surface area contributed by atoms with Crippen molar-refractivity contribution in [3.63, 3.8) is 0 Å². The van der Waals surface area contributed by atoms with Gasteiger partial charge in [-0.05, 0) is 30.3 Å². The van der Waals surface area contributed by atoms with Crippen molar-refractivity contribution in [2.24, 2.45) is 7.05 Å². The third-order valence-electron chi connectivity index (χ3n) is 3.26. The van der Waals surface area contributed by atoms with Gasteiger partial charge in [0.1, 0.15) is 16.7 Å². The number of aromatic nitrogens is 1. The molecule has 0 bridgehead atoms. The molecule has 0 saturated heterocycles. The Labute approximate surface area is 134 Å². The Kier molecular flexibility index (Phi) is 4.67. The molecule has 0 aliphatic heterocycles. The van der Waals surface area contributed by atoms with Crippen LogP contribution in [-0.4, -0.2) is 26.1 Å². The summed E-state index contributed by atoms with van der Waals surface area (Å²) in [6.45, 7) is 0. The highest BCUT2D eigenvalue weighted by Crippen LogP contribution is 2.23. The maximum Gasteiger partial charge on any atom is 0.348 e. The monoisotopic (exact) mass is 330 g/mol. The van der Waals surface area contributed by atoms with Gasteiger partial charge in [0.25, 0.3) is 0 Å². The summed E-state index contributed by atoms with van der Waals surface area (Å²) in [4.78, 5) is 11.6. The van der Waals surface area contributed by atoms with Gasteiger partial charge in [0.05, 0.1) is 12.0 Å². The van der Waals surface area contributed by atoms with Gasteiger partial charge < -0.3 is 9.30 Å². The fraction of sp³-hybridized carbons (Fsp3) is 0.125. The first-order valence-corrected chi connectivity index (χ1v) is 8.06. The van der Waals surface area contributed by atoms with Crippen LogP contribution in [-0.2, 0) is 26.4 Å². The smallest absolute Gasteiger partial charge is 0.348 e. The molecule has 0 radical (unpaired) electrons. The predicted octanol–water partition coefficient (Wildman–Crippen LogP) is 1.94. The van der Waals surface area contributed by atoms with Gasteiger partial charge in [-0.3, -0.25) is 0 Å². The largest absolute Gasteiger partial charge is 0.465 e. The first-order chi connectivity index (χ1) is 10.9. The molecular formula is C16H14N2O4S. The van der Waals surface area contributed by atoms with Gasteiger partial charge in [0.2, 0.25) is 9.84 Å². The van der Waals surface area contributed by atoms with E-state index in [1.165, 1.54) is 42.0 Å². The number of nitrogens with zero attached hydrogens (tertiary/aromatic N) is 2. The molecule has 118 valence electrons. The van der Waals surface area contributed by atoms with Crippen LogP contribution in [0.15, 0.2) is 58.0 Å². The van der Waals surface area contributed by atoms with Crippen molar-refractivity contribution in [3.8, 4) is 6.07 Å². The molecule has 6 nitrogen and oxygen atoms in total. The maximum atomic E-state index is 12.6. The average Bonchev–Trinajstić information content (AvgIpc) is 2.94. The van der Waals surface area contributed by atoms with Gasteiger partial charge in [-0.2, -0.15) is 5.26 Å². The Morgan fingerprint density at radius 2 is 1.87 bits per heavy atom. The van der Waals surface area contributed by atoms with Crippen LogP contribution < -0.4 is 0 Å². The summed E-state index contributed by atoms with van der Waals surface area (Å²) in [5.74, 6) is -0.777. The van der Waals surface area contributed by atoms with E-state index in [0.29, 0.717) is 5.69 Å². The van der Waals surface area contributed by atoms with Gasteiger partial charge in [-0.1, -0.05) is 18.2 Å². The highest BCUT2D eigenvalue weighted by molar-refractivity contribution is 7.91. The minimum atomic E-state index is -3.68. The van der Waals surface area contributed by atoms with Crippen LogP contribution in [0.3, 0.4) is 0 Å². The number of hydrogen-bond donors (Lipinski definition) is 0. The van der Waals surface area contributed by atoms with Gasteiger partial charge in [-0.25, -0.2) is 13.2 Å². The Morgan fingerprint density at radius 1 is 1.22 bits per heavy atom. The van der Waals surface area contributed by atoms with Gasteiger partial charge in [0.15, 0.2) is 0 Å². The fourth-order valence-corrected chi connectivity index (χ4v) is 3.51. The number of carbonyl (C=O) groups excluding carboxylic acids is 1. The number of benzene rings is 1. The molecule has 2 rings (SSSR count). The second kappa shape index (κ2) is 6.50. The average molecular weight is 330 g/mol. The molecule has 0 spiro atoms. The second-order valence-electron chi connectivity index (χ2n) is 4.63. The number of esters is 1. The third-order valence-corrected chi connectivity index (χ3v) is 5.11. The van der Waals surface area contributed by atoms with Crippen molar-refractivity contribution in [3.05, 3.63) is 53.7 Å². The predicted molar refractivity (Wildman–Crippen MR) is 82.9 cm³/mol. The van der Waals surface area contributed by atoms with Crippen molar-refractivity contribution in [2.75, 3.05) is 7.11 Å². The van der Waals surface area contributed by atoms with Crippen LogP contribution in [0.25, 0.3) is 6.08 Å². The molecule has 0 unspecified atom stereocenters. The van der Waals surface area contributed by atoms with Crippen LogP contribution in [0.5, 0.6) is 0 Å². The van der Waals surface area contributed by atoms with E-state index in [2.05, 4.69) is 4.74 Å². The highest BCUT2D eigenvalue weighted by Gasteiger charge is 2.22. The standard InChI is InChI=1S/C16H14N2O4S/c1-18-13(10-12(11-17)16(19)22-2)8-9-15(18)23(20,21)14-6-4-3-5-7-14/h3-10H,1-2H3/b12-10+. The summed E-state index contributed by atoms with van der Waals surface area (Å²) in [5, 5.41) is 9.04. The number of rotatable bonds is 4. The van der Waals surface area contributed by atoms with Crippen LogP contribution >= 0.6 is 0 Å². The molecule has 0 fully saturated rings. The van der Waals surface area contributed by atoms with E-state index in [-0.39, 0.29) is 15.5 Å². The van der Waals surface area contributed by atoms with Crippen LogP contribution in [0.2, 0.25) is 0 Å². The number of ether oxygens (including phenoxy) is 1. The van der Waals surface area contributed by atoms with Crippen LogP contribution in [0, 0.1) is 11.3 Å². The van der Waals surface area contributed by atoms with Crippen LogP contribution in [0.1, 0.15) is 5.69 Å². The first kappa shape index (κ1) is 16.5. The van der Waals surface area contributed by atoms with Gasteiger partial charge >= 0.3 is 5.97 Å². The van der Waals surface area contributed by atoms with Crippen molar-refractivity contribution in [1.29, 1.82) is 5.26 Å². The van der Waals surface area contributed by atoms with E-state index < -0.39 is 15.8 Å². The van der Waals surface area contributed by atoms with E-state index in [4.69, 9.17) is 5.26 Å². The van der Waals surface area contributed by atoms with Crippen molar-refractivity contribution in [2.45, 2.75) is 9.92 Å². The lowest BCUT2D eigenvalue weighted by Crippen LogP contribution is -2.09. The van der Waals surface area contributed by atoms with E-state index in [0.717, 1.165) is 0 Å². The van der Waals surface area contributed by atoms with Gasteiger partial charge in [-0.15, -0.1) is 0 Å². The van der Waals surface area contributed by atoms with Crippen LogP contribution in [0.4, 0.5) is 0 Å². The molecule has 1 aromatic heterocycles. The molecule has 2 aromatic rings. The maximum absolute atomic E-state index is 12.6. The quantitative estimate of drug-likeness (QED) is 0.485. The SMILES string of the molecule is COC(=O)/C(C#N)=C/c1ccc(S(=O)(=O)c2ccccc2)n1C. The van der Waals surface area contributed by atoms with Gasteiger partial charge in [0, 0.05) is 12.7 Å². The summed E-state index contributed by atoms with van der Waals surface area (Å²) >= 11 is 0. The zero-order valence-corrected chi connectivity index (χ0v) is 13.4. The van der Waals surface area contributed by atoms with Crippen molar-refractivity contribution >= 4 is 21.9 Å². The lowest BCUT2D eigenvalue weighted by Gasteiger charge is -2.07. The van der Waals surface area contributed by atoms with E-state index in [9.17, 15) is 13.2 Å². The third kappa shape index (κ3) is 3.17. The molecule has 0 saturated carbocycles. The van der Waals surface area contributed by atoms with Crippen molar-refractivity contribution in [1.82, 2.24) is 4.57 Å². The zero-order chi connectivity index (χ0) is 17.0. The lowest BCUT2D eigenvalue weighted by molar-refractivity contribution is -0.135. The molecule has 1 heterocycles. The minimum Gasteiger partial charge on any atom is -0.465 e. The zero-order valence-electron chi connectivity index (χ0n) is 12.6. The number of hydrogen-bond acceptors (Lipinski definition) is 5. The molecule has 0 amide bonds. The highest BCUT2D eigenvalue weighted by atomic mass is 32.2. The van der Waals surface area contributed by atoms with E-state index in [1.807, 2.05) is 0 Å². The molecule has 23 heavy (non-hydrogen) atoms. The molecule has 0 N–H and O–H groups in total. The molecule has 7 heteroatoms. The number of carbonyl (C=O) groups is 1. The van der Waals surface area contributed by atoms with E-state index >= 15 is 0 Å². The Balaban J connectivity index is 2.51. The number of nitriles is 1. The first-order valence-electron chi connectivity index (χ1n) is 6.57. The summed E-state index contributed by atoms with van der Waals surface area (Å²) in [5.41, 5.74) is 0.193. The topological polar surface area (TPSA) is 89.2 Å². The fourth-order valence-electron chi connectivity index (χ4n) is 2.04. The summed E-state index contributed by atoms with van der Waals surface area (Å²) in [7, 11) is -0.963. The molecule has 0 atom stereocenters. The molecule has 0 aliphatic rings. The summed E-state index contributed by atoms with van der Waals surface area (Å²) in [6, 6.07) is 12.7. The Hall–Kier alpha value is -2.85. The second-order valence-corrected chi connectivity index (χ2v) is 6.53. The minimum absolute atomic E-state index is 0.0668. The number of sulfone groups is 1. The molecular weight excluding hydrogens is 316 g/mol. The Morgan fingerprint density at radius 3 is 2.43 bits per heavy atom. The van der Waals surface area contributed by atoms with E-state index in [1.54, 1.807) is 31.3 Å². The summed E-state index contributed by atoms with van der Waals surface area (Å²) < 4.78 is 31.1. The van der Waals surface area contributed by atoms with Crippen molar-refractivity contribution < 1.29 is 17.9 Å². The lowest BCUT2D eigenvalue weighted by atomic mass is 10.2. The molecule has 0 aliphatic carbocycles. The summed E-state index contributed by atoms with van der Waals surface area (Å²) in [6.07, 6.45) is 1.29.